The molecule has 19 heavy (non-hydrogen) atoms. The molecule has 1 unspecified atom stereocenters. The van der Waals surface area contributed by atoms with E-state index in [4.69, 9.17) is 6.42 Å². The molecule has 0 saturated heterocycles. The summed E-state index contributed by atoms with van der Waals surface area (Å²) in [6.45, 7) is 3.00. The molecule has 1 aliphatic rings. The standard InChI is InChI=1S/C16H16N2O/c1-3-12-5-6-13-14(10-12)17-15-7-4-11(2)8-9-18(15)16(13)19/h1,5-6,10-11H,4,7-9H2,2H3. The number of aryl methyl sites for hydroxylation is 1. The quantitative estimate of drug-likeness (QED) is 0.675. The van der Waals surface area contributed by atoms with Crippen LogP contribution in [0.25, 0.3) is 10.9 Å². The Labute approximate surface area is 112 Å². The molecule has 1 aromatic carbocycles. The summed E-state index contributed by atoms with van der Waals surface area (Å²) >= 11 is 0. The molecule has 3 nitrogen and oxygen atoms in total. The maximum Gasteiger partial charge on any atom is 0.261 e. The van der Waals surface area contributed by atoms with Crippen molar-refractivity contribution in [3.63, 3.8) is 0 Å². The predicted octanol–water partition coefficient (Wildman–Crippen LogP) is 2.35. The van der Waals surface area contributed by atoms with E-state index in [1.165, 1.54) is 0 Å². The highest BCUT2D eigenvalue weighted by atomic mass is 16.1. The van der Waals surface area contributed by atoms with Crippen LogP contribution < -0.4 is 5.56 Å². The lowest BCUT2D eigenvalue weighted by molar-refractivity contribution is 0.484. The number of terminal acetylenes is 1. The fraction of sp³-hybridized carbons (Fsp3) is 0.375. The van der Waals surface area contributed by atoms with E-state index in [0.717, 1.165) is 42.7 Å². The predicted molar refractivity (Wildman–Crippen MR) is 76.0 cm³/mol. The van der Waals surface area contributed by atoms with Crippen molar-refractivity contribution in [1.29, 1.82) is 0 Å². The zero-order valence-electron chi connectivity index (χ0n) is 11.0. The first-order valence-corrected chi connectivity index (χ1v) is 6.69. The van der Waals surface area contributed by atoms with Crippen LogP contribution in [0.4, 0.5) is 0 Å². The van der Waals surface area contributed by atoms with Gasteiger partial charge in [-0.25, -0.2) is 4.98 Å². The highest BCUT2D eigenvalue weighted by molar-refractivity contribution is 5.79. The maximum atomic E-state index is 12.5. The third kappa shape index (κ3) is 2.04. The van der Waals surface area contributed by atoms with Crippen LogP contribution in [-0.4, -0.2) is 9.55 Å². The Morgan fingerprint density at radius 1 is 1.42 bits per heavy atom. The van der Waals surface area contributed by atoms with Gasteiger partial charge in [-0.05, 0) is 37.0 Å². The fourth-order valence-corrected chi connectivity index (χ4v) is 2.65. The van der Waals surface area contributed by atoms with Gasteiger partial charge in [0.05, 0.1) is 10.9 Å². The third-order valence-corrected chi connectivity index (χ3v) is 3.91. The van der Waals surface area contributed by atoms with Crippen molar-refractivity contribution >= 4 is 10.9 Å². The van der Waals surface area contributed by atoms with E-state index in [1.54, 1.807) is 12.1 Å². The Hall–Kier alpha value is -2.08. The van der Waals surface area contributed by atoms with Gasteiger partial charge in [0, 0.05) is 18.5 Å². The fourth-order valence-electron chi connectivity index (χ4n) is 2.65. The van der Waals surface area contributed by atoms with Gasteiger partial charge in [0.2, 0.25) is 0 Å². The molecule has 1 aliphatic heterocycles. The van der Waals surface area contributed by atoms with E-state index in [-0.39, 0.29) is 5.56 Å². The van der Waals surface area contributed by atoms with E-state index in [9.17, 15) is 4.79 Å². The summed E-state index contributed by atoms with van der Waals surface area (Å²) in [4.78, 5) is 17.2. The minimum Gasteiger partial charge on any atom is -0.296 e. The summed E-state index contributed by atoms with van der Waals surface area (Å²) in [6.07, 6.45) is 8.40. The third-order valence-electron chi connectivity index (χ3n) is 3.91. The highest BCUT2D eigenvalue weighted by Gasteiger charge is 2.16. The summed E-state index contributed by atoms with van der Waals surface area (Å²) in [7, 11) is 0. The molecule has 0 saturated carbocycles. The monoisotopic (exact) mass is 252 g/mol. The molecule has 1 atom stereocenters. The van der Waals surface area contributed by atoms with Gasteiger partial charge in [-0.15, -0.1) is 6.42 Å². The summed E-state index contributed by atoms with van der Waals surface area (Å²) in [5, 5.41) is 0.664. The molecule has 1 aromatic heterocycles. The van der Waals surface area contributed by atoms with Gasteiger partial charge in [-0.3, -0.25) is 9.36 Å². The van der Waals surface area contributed by atoms with Crippen molar-refractivity contribution in [3.05, 3.63) is 39.9 Å². The lowest BCUT2D eigenvalue weighted by Gasteiger charge is -2.10. The van der Waals surface area contributed by atoms with Crippen LogP contribution in [0, 0.1) is 18.3 Å². The molecule has 96 valence electrons. The lowest BCUT2D eigenvalue weighted by atomic mass is 10.0. The first-order chi connectivity index (χ1) is 9.19. The molecule has 2 heterocycles. The summed E-state index contributed by atoms with van der Waals surface area (Å²) in [6, 6.07) is 5.42. The molecule has 0 radical (unpaired) electrons. The average molecular weight is 252 g/mol. The molecular weight excluding hydrogens is 236 g/mol. The first-order valence-electron chi connectivity index (χ1n) is 6.69. The van der Waals surface area contributed by atoms with Gasteiger partial charge in [-0.1, -0.05) is 12.8 Å². The molecule has 0 aliphatic carbocycles. The maximum absolute atomic E-state index is 12.5. The molecule has 0 bridgehead atoms. The van der Waals surface area contributed by atoms with Crippen LogP contribution in [0.3, 0.4) is 0 Å². The van der Waals surface area contributed by atoms with Crippen LogP contribution in [-0.2, 0) is 13.0 Å². The SMILES string of the molecule is C#Cc1ccc2c(=O)n3c(nc2c1)CCC(C)CC3. The number of rotatable bonds is 0. The lowest BCUT2D eigenvalue weighted by Crippen LogP contribution is -2.24. The Balaban J connectivity index is 2.25. The van der Waals surface area contributed by atoms with E-state index < -0.39 is 0 Å². The van der Waals surface area contributed by atoms with Crippen LogP contribution >= 0.6 is 0 Å². The number of hydrogen-bond acceptors (Lipinski definition) is 2. The van der Waals surface area contributed by atoms with Crippen LogP contribution in [0.5, 0.6) is 0 Å². The number of benzene rings is 1. The van der Waals surface area contributed by atoms with Crippen molar-refractivity contribution in [1.82, 2.24) is 9.55 Å². The van der Waals surface area contributed by atoms with Crippen molar-refractivity contribution in [2.75, 3.05) is 0 Å². The van der Waals surface area contributed by atoms with Crippen LogP contribution in [0.15, 0.2) is 23.0 Å². The second kappa shape index (κ2) is 4.55. The average Bonchev–Trinajstić information content (AvgIpc) is 2.61. The number of hydrogen-bond donors (Lipinski definition) is 0. The Morgan fingerprint density at radius 2 is 2.26 bits per heavy atom. The van der Waals surface area contributed by atoms with Gasteiger partial charge in [0.15, 0.2) is 0 Å². The zero-order valence-corrected chi connectivity index (χ0v) is 11.0. The molecule has 0 fully saturated rings. The molecule has 3 heteroatoms. The summed E-state index contributed by atoms with van der Waals surface area (Å²) in [5.74, 6) is 4.13. The highest BCUT2D eigenvalue weighted by Crippen LogP contribution is 2.19. The molecular formula is C16H16N2O. The van der Waals surface area contributed by atoms with Gasteiger partial charge in [0.25, 0.3) is 5.56 Å². The van der Waals surface area contributed by atoms with Crippen molar-refractivity contribution in [3.8, 4) is 12.3 Å². The van der Waals surface area contributed by atoms with Crippen LogP contribution in [0.1, 0.15) is 31.2 Å². The number of aromatic nitrogens is 2. The molecule has 2 aromatic rings. The molecule has 0 spiro atoms. The second-order valence-corrected chi connectivity index (χ2v) is 5.29. The van der Waals surface area contributed by atoms with Crippen molar-refractivity contribution in [2.45, 2.75) is 32.7 Å². The molecule has 0 N–H and O–H groups in total. The second-order valence-electron chi connectivity index (χ2n) is 5.29. The smallest absolute Gasteiger partial charge is 0.261 e. The Bertz CT molecular complexity index is 737. The topological polar surface area (TPSA) is 34.9 Å². The number of fused-ring (bicyclic) bond motifs is 2. The van der Waals surface area contributed by atoms with E-state index >= 15 is 0 Å². The van der Waals surface area contributed by atoms with Crippen molar-refractivity contribution in [2.24, 2.45) is 5.92 Å². The Morgan fingerprint density at radius 3 is 3.05 bits per heavy atom. The zero-order chi connectivity index (χ0) is 13.4. The first kappa shape index (κ1) is 12.0. The summed E-state index contributed by atoms with van der Waals surface area (Å²) < 4.78 is 1.83. The van der Waals surface area contributed by atoms with Gasteiger partial charge < -0.3 is 0 Å². The van der Waals surface area contributed by atoms with Gasteiger partial charge in [-0.2, -0.15) is 0 Å². The van der Waals surface area contributed by atoms with Crippen LogP contribution in [0.2, 0.25) is 0 Å². The van der Waals surface area contributed by atoms with Gasteiger partial charge in [0.1, 0.15) is 5.82 Å². The Kier molecular flexibility index (Phi) is 2.87. The van der Waals surface area contributed by atoms with E-state index in [2.05, 4.69) is 17.8 Å². The number of nitrogens with zero attached hydrogens (tertiary/aromatic N) is 2. The van der Waals surface area contributed by atoms with Crippen molar-refractivity contribution < 1.29 is 0 Å². The normalized spacial score (nSPS) is 18.6. The minimum absolute atomic E-state index is 0.0673. The van der Waals surface area contributed by atoms with E-state index in [1.807, 2.05) is 10.6 Å². The molecule has 3 rings (SSSR count). The summed E-state index contributed by atoms with van der Waals surface area (Å²) in [5.41, 5.74) is 1.56. The van der Waals surface area contributed by atoms with E-state index in [0.29, 0.717) is 11.3 Å². The molecule has 0 amide bonds. The minimum atomic E-state index is 0.0673. The van der Waals surface area contributed by atoms with Gasteiger partial charge >= 0.3 is 0 Å². The largest absolute Gasteiger partial charge is 0.296 e.